The van der Waals surface area contributed by atoms with Crippen LogP contribution in [0.1, 0.15) is 53.4 Å². The summed E-state index contributed by atoms with van der Waals surface area (Å²) in [5.41, 5.74) is 2.42. The second-order valence-electron chi connectivity index (χ2n) is 7.23. The molecule has 0 bridgehead atoms. The maximum Gasteiger partial charge on any atom is 0.224 e. The SMILES string of the molecule is CCC(=O)Nc1ccc(NC2CC(C)CC(C)(C)C2)cc1. The van der Waals surface area contributed by atoms with Crippen LogP contribution in [-0.4, -0.2) is 11.9 Å². The van der Waals surface area contributed by atoms with Gasteiger partial charge in [-0.3, -0.25) is 4.79 Å². The molecule has 116 valence electrons. The van der Waals surface area contributed by atoms with Gasteiger partial charge in [0.15, 0.2) is 0 Å². The lowest BCUT2D eigenvalue weighted by Gasteiger charge is -2.39. The van der Waals surface area contributed by atoms with E-state index in [0.717, 1.165) is 17.3 Å². The molecule has 3 heteroatoms. The lowest BCUT2D eigenvalue weighted by Crippen LogP contribution is -2.35. The van der Waals surface area contributed by atoms with E-state index in [9.17, 15) is 4.79 Å². The molecule has 2 unspecified atom stereocenters. The van der Waals surface area contributed by atoms with Gasteiger partial charge in [0.1, 0.15) is 0 Å². The van der Waals surface area contributed by atoms with Crippen LogP contribution in [-0.2, 0) is 4.79 Å². The Kier molecular flexibility index (Phi) is 4.92. The van der Waals surface area contributed by atoms with Crippen molar-refractivity contribution in [3.05, 3.63) is 24.3 Å². The van der Waals surface area contributed by atoms with Crippen molar-refractivity contribution in [2.45, 2.75) is 59.4 Å². The fourth-order valence-electron chi connectivity index (χ4n) is 3.59. The number of rotatable bonds is 4. The van der Waals surface area contributed by atoms with Crippen molar-refractivity contribution in [2.75, 3.05) is 10.6 Å². The first-order valence-corrected chi connectivity index (χ1v) is 8.04. The Hall–Kier alpha value is -1.51. The average Bonchev–Trinajstić information content (AvgIpc) is 2.38. The second kappa shape index (κ2) is 6.50. The van der Waals surface area contributed by atoms with Gasteiger partial charge in [-0.1, -0.05) is 27.7 Å². The van der Waals surface area contributed by atoms with Gasteiger partial charge in [0, 0.05) is 23.8 Å². The van der Waals surface area contributed by atoms with Crippen LogP contribution in [0.15, 0.2) is 24.3 Å². The molecule has 1 aromatic carbocycles. The zero-order chi connectivity index (χ0) is 15.5. The first-order valence-electron chi connectivity index (χ1n) is 8.04. The smallest absolute Gasteiger partial charge is 0.224 e. The van der Waals surface area contributed by atoms with Gasteiger partial charge in [-0.25, -0.2) is 0 Å². The summed E-state index contributed by atoms with van der Waals surface area (Å²) in [6.07, 6.45) is 4.27. The predicted molar refractivity (Wildman–Crippen MR) is 89.6 cm³/mol. The number of amides is 1. The number of hydrogen-bond acceptors (Lipinski definition) is 2. The Morgan fingerprint density at radius 3 is 2.38 bits per heavy atom. The molecule has 0 radical (unpaired) electrons. The minimum absolute atomic E-state index is 0.0542. The Labute approximate surface area is 128 Å². The molecule has 1 fully saturated rings. The van der Waals surface area contributed by atoms with Crippen LogP contribution >= 0.6 is 0 Å². The molecule has 0 saturated heterocycles. The number of nitrogens with one attached hydrogen (secondary N) is 2. The van der Waals surface area contributed by atoms with Crippen LogP contribution in [0.2, 0.25) is 0 Å². The molecule has 2 N–H and O–H groups in total. The van der Waals surface area contributed by atoms with Gasteiger partial charge in [0.2, 0.25) is 5.91 Å². The quantitative estimate of drug-likeness (QED) is 0.846. The third-order valence-corrected chi connectivity index (χ3v) is 4.25. The van der Waals surface area contributed by atoms with E-state index in [0.29, 0.717) is 17.9 Å². The third-order valence-electron chi connectivity index (χ3n) is 4.25. The van der Waals surface area contributed by atoms with Crippen LogP contribution in [0.4, 0.5) is 11.4 Å². The summed E-state index contributed by atoms with van der Waals surface area (Å²) in [6, 6.07) is 8.58. The molecular formula is C18H28N2O. The van der Waals surface area contributed by atoms with Crippen molar-refractivity contribution in [3.8, 4) is 0 Å². The van der Waals surface area contributed by atoms with Crippen molar-refractivity contribution in [1.29, 1.82) is 0 Å². The van der Waals surface area contributed by atoms with Crippen LogP contribution < -0.4 is 10.6 Å². The molecule has 0 heterocycles. The molecule has 2 atom stereocenters. The number of anilines is 2. The standard InChI is InChI=1S/C18H28N2O/c1-5-17(21)20-15-8-6-14(7-9-15)19-16-10-13(2)11-18(3,4)12-16/h6-9,13,16,19H,5,10-12H2,1-4H3,(H,20,21). The summed E-state index contributed by atoms with van der Waals surface area (Å²) >= 11 is 0. The molecule has 3 nitrogen and oxygen atoms in total. The van der Waals surface area contributed by atoms with Crippen molar-refractivity contribution in [3.63, 3.8) is 0 Å². The first-order chi connectivity index (χ1) is 9.88. The van der Waals surface area contributed by atoms with Crippen LogP contribution in [0, 0.1) is 11.3 Å². The van der Waals surface area contributed by atoms with E-state index >= 15 is 0 Å². The summed E-state index contributed by atoms with van der Waals surface area (Å²) < 4.78 is 0. The number of benzene rings is 1. The zero-order valence-electron chi connectivity index (χ0n) is 13.7. The molecule has 2 rings (SSSR count). The molecule has 1 aromatic rings. The minimum Gasteiger partial charge on any atom is -0.382 e. The number of carbonyl (C=O) groups is 1. The second-order valence-corrected chi connectivity index (χ2v) is 7.23. The van der Waals surface area contributed by atoms with Crippen molar-refractivity contribution in [2.24, 2.45) is 11.3 Å². The lowest BCUT2D eigenvalue weighted by atomic mass is 9.70. The van der Waals surface area contributed by atoms with Gasteiger partial charge in [-0.15, -0.1) is 0 Å². The zero-order valence-corrected chi connectivity index (χ0v) is 13.7. The third kappa shape index (κ3) is 4.76. The molecule has 0 aliphatic heterocycles. The summed E-state index contributed by atoms with van der Waals surface area (Å²) in [5, 5.41) is 6.52. The normalized spacial score (nSPS) is 24.4. The molecule has 1 amide bonds. The topological polar surface area (TPSA) is 41.1 Å². The van der Waals surface area contributed by atoms with E-state index in [1.54, 1.807) is 0 Å². The van der Waals surface area contributed by atoms with Gasteiger partial charge in [-0.05, 0) is 54.9 Å². The monoisotopic (exact) mass is 288 g/mol. The molecule has 1 saturated carbocycles. The minimum atomic E-state index is 0.0542. The van der Waals surface area contributed by atoms with Crippen molar-refractivity contribution >= 4 is 17.3 Å². The molecular weight excluding hydrogens is 260 g/mol. The molecule has 21 heavy (non-hydrogen) atoms. The fraction of sp³-hybridized carbons (Fsp3) is 0.611. The average molecular weight is 288 g/mol. The Balaban J connectivity index is 1.95. The van der Waals surface area contributed by atoms with Crippen molar-refractivity contribution in [1.82, 2.24) is 0 Å². The van der Waals surface area contributed by atoms with E-state index in [2.05, 4.69) is 43.5 Å². The molecule has 0 aromatic heterocycles. The van der Waals surface area contributed by atoms with Gasteiger partial charge in [0.25, 0.3) is 0 Å². The van der Waals surface area contributed by atoms with E-state index in [1.807, 2.05) is 19.1 Å². The highest BCUT2D eigenvalue weighted by Crippen LogP contribution is 2.39. The van der Waals surface area contributed by atoms with Gasteiger partial charge >= 0.3 is 0 Å². The summed E-state index contributed by atoms with van der Waals surface area (Å²) in [7, 11) is 0. The fourth-order valence-corrected chi connectivity index (χ4v) is 3.59. The Morgan fingerprint density at radius 2 is 1.81 bits per heavy atom. The molecule has 1 aliphatic carbocycles. The molecule has 1 aliphatic rings. The van der Waals surface area contributed by atoms with E-state index in [-0.39, 0.29) is 5.91 Å². The largest absolute Gasteiger partial charge is 0.382 e. The van der Waals surface area contributed by atoms with Crippen molar-refractivity contribution < 1.29 is 4.79 Å². The van der Waals surface area contributed by atoms with E-state index in [1.165, 1.54) is 19.3 Å². The maximum atomic E-state index is 11.4. The number of carbonyl (C=O) groups excluding carboxylic acids is 1. The highest BCUT2D eigenvalue weighted by atomic mass is 16.1. The highest BCUT2D eigenvalue weighted by Gasteiger charge is 2.31. The van der Waals surface area contributed by atoms with Gasteiger partial charge in [-0.2, -0.15) is 0 Å². The Morgan fingerprint density at radius 1 is 1.19 bits per heavy atom. The molecule has 0 spiro atoms. The summed E-state index contributed by atoms with van der Waals surface area (Å²) in [5.74, 6) is 0.827. The first kappa shape index (κ1) is 15.9. The van der Waals surface area contributed by atoms with Gasteiger partial charge < -0.3 is 10.6 Å². The summed E-state index contributed by atoms with van der Waals surface area (Å²) in [4.78, 5) is 11.4. The lowest BCUT2D eigenvalue weighted by molar-refractivity contribution is -0.115. The van der Waals surface area contributed by atoms with Crippen LogP contribution in [0.3, 0.4) is 0 Å². The number of hydrogen-bond donors (Lipinski definition) is 2. The van der Waals surface area contributed by atoms with Crippen LogP contribution in [0.25, 0.3) is 0 Å². The van der Waals surface area contributed by atoms with E-state index < -0.39 is 0 Å². The van der Waals surface area contributed by atoms with Crippen LogP contribution in [0.5, 0.6) is 0 Å². The maximum absolute atomic E-state index is 11.4. The summed E-state index contributed by atoms with van der Waals surface area (Å²) in [6.45, 7) is 8.93. The predicted octanol–water partition coefficient (Wildman–Crippen LogP) is 4.66. The van der Waals surface area contributed by atoms with Gasteiger partial charge in [0.05, 0.1) is 0 Å². The van der Waals surface area contributed by atoms with E-state index in [4.69, 9.17) is 0 Å². The highest BCUT2D eigenvalue weighted by molar-refractivity contribution is 5.90. The Bertz CT molecular complexity index is 478.